The highest BCUT2D eigenvalue weighted by atomic mass is 16.4. The first-order chi connectivity index (χ1) is 10.0. The average Bonchev–Trinajstić information content (AvgIpc) is 3.02. The van der Waals surface area contributed by atoms with E-state index in [0.717, 1.165) is 6.42 Å². The van der Waals surface area contributed by atoms with Crippen LogP contribution < -0.4 is 5.32 Å². The molecule has 2 rings (SSSR count). The van der Waals surface area contributed by atoms with Crippen molar-refractivity contribution in [3.63, 3.8) is 0 Å². The van der Waals surface area contributed by atoms with E-state index in [2.05, 4.69) is 20.6 Å². The van der Waals surface area contributed by atoms with Gasteiger partial charge < -0.3 is 15.0 Å². The first-order valence-electron chi connectivity index (χ1n) is 6.44. The molecule has 2 aromatic rings. The number of rotatable bonds is 6. The number of hydrogen-bond acceptors (Lipinski definition) is 5. The Morgan fingerprint density at radius 3 is 2.76 bits per heavy atom. The van der Waals surface area contributed by atoms with Crippen LogP contribution in [-0.4, -0.2) is 48.1 Å². The second kappa shape index (κ2) is 6.16. The topological polar surface area (TPSA) is 115 Å². The second-order valence-electron chi connectivity index (χ2n) is 4.49. The number of aromatic nitrogens is 5. The summed E-state index contributed by atoms with van der Waals surface area (Å²) in [5, 5.41) is 19.3. The van der Waals surface area contributed by atoms with Gasteiger partial charge in [0.1, 0.15) is 12.2 Å². The zero-order chi connectivity index (χ0) is 15.4. The Bertz CT molecular complexity index is 660. The molecule has 1 amide bonds. The van der Waals surface area contributed by atoms with E-state index in [1.165, 1.54) is 17.2 Å². The van der Waals surface area contributed by atoms with Gasteiger partial charge in [-0.15, -0.1) is 5.10 Å². The molecule has 2 aromatic heterocycles. The Morgan fingerprint density at radius 2 is 2.19 bits per heavy atom. The summed E-state index contributed by atoms with van der Waals surface area (Å²) in [6.45, 7) is 2.40. The molecule has 0 aliphatic carbocycles. The molecule has 0 spiro atoms. The third-order valence-corrected chi connectivity index (χ3v) is 2.86. The molecule has 0 saturated heterocycles. The fourth-order valence-corrected chi connectivity index (χ4v) is 1.86. The molecule has 0 saturated carbocycles. The summed E-state index contributed by atoms with van der Waals surface area (Å²) >= 11 is 0. The van der Waals surface area contributed by atoms with Crippen LogP contribution in [0.4, 0.5) is 0 Å². The summed E-state index contributed by atoms with van der Waals surface area (Å²) in [4.78, 5) is 27.0. The van der Waals surface area contributed by atoms with Gasteiger partial charge in [-0.25, -0.2) is 14.5 Å². The molecule has 0 aliphatic rings. The predicted octanol–water partition coefficient (Wildman–Crippen LogP) is -0.0970. The minimum Gasteiger partial charge on any atom is -0.476 e. The van der Waals surface area contributed by atoms with Gasteiger partial charge in [0, 0.05) is 13.6 Å². The Morgan fingerprint density at radius 1 is 1.43 bits per heavy atom. The smallest absolute Gasteiger partial charge is 0.358 e. The van der Waals surface area contributed by atoms with Gasteiger partial charge in [0.2, 0.25) is 5.91 Å². The van der Waals surface area contributed by atoms with Crippen molar-refractivity contribution >= 4 is 11.9 Å². The number of hydrogen-bond donors (Lipinski definition) is 2. The Balaban J connectivity index is 2.37. The van der Waals surface area contributed by atoms with Crippen molar-refractivity contribution in [1.82, 2.24) is 29.9 Å². The van der Waals surface area contributed by atoms with Crippen LogP contribution in [0.3, 0.4) is 0 Å². The van der Waals surface area contributed by atoms with Crippen molar-refractivity contribution in [3.8, 4) is 11.4 Å². The molecular formula is C12H16N6O3. The summed E-state index contributed by atoms with van der Waals surface area (Å²) < 4.78 is 2.91. The average molecular weight is 292 g/mol. The van der Waals surface area contributed by atoms with Gasteiger partial charge >= 0.3 is 5.97 Å². The van der Waals surface area contributed by atoms with Crippen LogP contribution in [-0.2, 0) is 18.4 Å². The quantitative estimate of drug-likeness (QED) is 0.768. The summed E-state index contributed by atoms with van der Waals surface area (Å²) in [7, 11) is 1.72. The molecule has 0 unspecified atom stereocenters. The van der Waals surface area contributed by atoms with Gasteiger partial charge in [0.15, 0.2) is 5.69 Å². The number of nitrogens with zero attached hydrogens (tertiary/aromatic N) is 5. The van der Waals surface area contributed by atoms with Crippen LogP contribution in [0.25, 0.3) is 11.4 Å². The molecule has 112 valence electrons. The first kappa shape index (κ1) is 14.7. The summed E-state index contributed by atoms with van der Waals surface area (Å²) in [6.07, 6.45) is 3.86. The molecule has 0 aromatic carbocycles. The van der Waals surface area contributed by atoms with Crippen molar-refractivity contribution in [2.24, 2.45) is 7.05 Å². The summed E-state index contributed by atoms with van der Waals surface area (Å²) in [5.41, 5.74) is 0.580. The maximum atomic E-state index is 11.8. The van der Waals surface area contributed by atoms with E-state index in [4.69, 9.17) is 0 Å². The highest BCUT2D eigenvalue weighted by molar-refractivity contribution is 5.92. The third-order valence-electron chi connectivity index (χ3n) is 2.86. The van der Waals surface area contributed by atoms with Crippen LogP contribution in [0.1, 0.15) is 23.8 Å². The van der Waals surface area contributed by atoms with Crippen molar-refractivity contribution in [3.05, 3.63) is 18.2 Å². The van der Waals surface area contributed by atoms with Crippen LogP contribution in [0.15, 0.2) is 12.5 Å². The fraction of sp³-hybridized carbons (Fsp3) is 0.417. The lowest BCUT2D eigenvalue weighted by Crippen LogP contribution is -2.29. The molecule has 0 radical (unpaired) electrons. The number of carbonyl (C=O) groups excluding carboxylic acids is 1. The van der Waals surface area contributed by atoms with Crippen LogP contribution >= 0.6 is 0 Å². The zero-order valence-corrected chi connectivity index (χ0v) is 11.8. The molecule has 0 fully saturated rings. The monoisotopic (exact) mass is 292 g/mol. The fourth-order valence-electron chi connectivity index (χ4n) is 1.86. The lowest BCUT2D eigenvalue weighted by atomic mass is 10.2. The van der Waals surface area contributed by atoms with Crippen molar-refractivity contribution < 1.29 is 14.7 Å². The summed E-state index contributed by atoms with van der Waals surface area (Å²) in [5.74, 6) is -1.45. The highest BCUT2D eigenvalue weighted by Gasteiger charge is 2.23. The minimum absolute atomic E-state index is 0.0964. The Labute approximate surface area is 120 Å². The highest BCUT2D eigenvalue weighted by Crippen LogP contribution is 2.21. The van der Waals surface area contributed by atoms with E-state index < -0.39 is 5.97 Å². The van der Waals surface area contributed by atoms with Crippen LogP contribution in [0.5, 0.6) is 0 Å². The molecule has 2 N–H and O–H groups in total. The van der Waals surface area contributed by atoms with Crippen molar-refractivity contribution in [1.29, 1.82) is 0 Å². The number of imidazole rings is 1. The molecule has 0 aliphatic heterocycles. The molecule has 0 bridgehead atoms. The van der Waals surface area contributed by atoms with E-state index in [1.54, 1.807) is 11.6 Å². The van der Waals surface area contributed by atoms with Gasteiger partial charge in [0.05, 0.1) is 18.2 Å². The first-order valence-corrected chi connectivity index (χ1v) is 6.44. The van der Waals surface area contributed by atoms with E-state index >= 15 is 0 Å². The lowest BCUT2D eigenvalue weighted by molar-refractivity contribution is -0.121. The molecule has 2 heterocycles. The summed E-state index contributed by atoms with van der Waals surface area (Å²) in [6, 6.07) is 0. The number of aromatic carboxylic acids is 1. The number of carboxylic acid groups (broad SMARTS) is 1. The molecule has 9 nitrogen and oxygen atoms in total. The number of carboxylic acids is 1. The third kappa shape index (κ3) is 3.07. The number of amides is 1. The van der Waals surface area contributed by atoms with Crippen LogP contribution in [0.2, 0.25) is 0 Å². The van der Waals surface area contributed by atoms with Gasteiger partial charge in [-0.2, -0.15) is 0 Å². The maximum Gasteiger partial charge on any atom is 0.358 e. The van der Waals surface area contributed by atoms with E-state index in [-0.39, 0.29) is 23.8 Å². The number of aryl methyl sites for hydroxylation is 1. The molecule has 21 heavy (non-hydrogen) atoms. The lowest BCUT2D eigenvalue weighted by Gasteiger charge is -2.08. The largest absolute Gasteiger partial charge is 0.476 e. The minimum atomic E-state index is -1.20. The van der Waals surface area contributed by atoms with Gasteiger partial charge in [-0.3, -0.25) is 4.79 Å². The second-order valence-corrected chi connectivity index (χ2v) is 4.49. The predicted molar refractivity (Wildman–Crippen MR) is 72.5 cm³/mol. The molecular weight excluding hydrogens is 276 g/mol. The normalized spacial score (nSPS) is 10.6. The van der Waals surface area contributed by atoms with Crippen LogP contribution in [0, 0.1) is 0 Å². The van der Waals surface area contributed by atoms with Crippen molar-refractivity contribution in [2.45, 2.75) is 19.9 Å². The standard InChI is InChI=1S/C12H16N6O3/c1-3-4-14-9(19)6-18-11(8-5-13-7-17(8)2)10(12(20)21)15-16-18/h5,7H,3-4,6H2,1-2H3,(H,14,19)(H,20,21). The van der Waals surface area contributed by atoms with Gasteiger partial charge in [-0.05, 0) is 6.42 Å². The number of carbonyl (C=O) groups is 2. The Hall–Kier alpha value is -2.71. The van der Waals surface area contributed by atoms with E-state index in [1.807, 2.05) is 6.92 Å². The van der Waals surface area contributed by atoms with Gasteiger partial charge in [-0.1, -0.05) is 12.1 Å². The van der Waals surface area contributed by atoms with E-state index in [9.17, 15) is 14.7 Å². The van der Waals surface area contributed by atoms with Crippen molar-refractivity contribution in [2.75, 3.05) is 6.54 Å². The van der Waals surface area contributed by atoms with Gasteiger partial charge in [0.25, 0.3) is 0 Å². The number of nitrogens with one attached hydrogen (secondary N) is 1. The Kier molecular flexibility index (Phi) is 4.31. The molecule has 0 atom stereocenters. The maximum absolute atomic E-state index is 11.8. The van der Waals surface area contributed by atoms with E-state index in [0.29, 0.717) is 12.2 Å². The molecule has 9 heteroatoms. The SMILES string of the molecule is CCCNC(=O)Cn1nnc(C(=O)O)c1-c1cncn1C. The zero-order valence-electron chi connectivity index (χ0n) is 11.8.